The number of nitrogens with zero attached hydrogens (tertiary/aromatic N) is 1. The minimum absolute atomic E-state index is 0.0735. The van der Waals surface area contributed by atoms with Gasteiger partial charge in [-0.2, -0.15) is 0 Å². The van der Waals surface area contributed by atoms with Gasteiger partial charge in [0.15, 0.2) is 0 Å². The van der Waals surface area contributed by atoms with Crippen molar-refractivity contribution in [3.63, 3.8) is 0 Å². The molecular formula is C40H53NO7. The number of methoxy groups -OCH3 is 3. The number of unbranched alkanes of at least 4 members (excludes halogenated alkanes) is 7. The summed E-state index contributed by atoms with van der Waals surface area (Å²) in [5.41, 5.74) is 1.88. The third kappa shape index (κ3) is 10.1. The Balaban J connectivity index is 1.45. The van der Waals surface area contributed by atoms with Gasteiger partial charge in [0.25, 0.3) is 0 Å². The summed E-state index contributed by atoms with van der Waals surface area (Å²) in [5.74, 6) is 1.44. The molecule has 8 heteroatoms. The van der Waals surface area contributed by atoms with Gasteiger partial charge in [0, 0.05) is 19.4 Å². The van der Waals surface area contributed by atoms with Crippen LogP contribution in [0.4, 0.5) is 0 Å². The molecule has 1 N–H and O–H groups in total. The maximum Gasteiger partial charge on any atom is 0.305 e. The van der Waals surface area contributed by atoms with Gasteiger partial charge in [-0.05, 0) is 66.6 Å². The van der Waals surface area contributed by atoms with Crippen molar-refractivity contribution in [3.05, 3.63) is 95.6 Å². The van der Waals surface area contributed by atoms with E-state index >= 15 is 0 Å². The maximum absolute atomic E-state index is 13.6. The van der Waals surface area contributed by atoms with Crippen LogP contribution in [-0.4, -0.2) is 68.5 Å². The van der Waals surface area contributed by atoms with E-state index in [1.165, 1.54) is 7.11 Å². The zero-order chi connectivity index (χ0) is 34.2. The number of amides is 1. The number of hydrogen-bond donors (Lipinski definition) is 1. The van der Waals surface area contributed by atoms with Crippen LogP contribution in [0.3, 0.4) is 0 Å². The lowest BCUT2D eigenvalue weighted by Gasteiger charge is -2.42. The van der Waals surface area contributed by atoms with Gasteiger partial charge in [0.2, 0.25) is 5.91 Å². The van der Waals surface area contributed by atoms with Crippen LogP contribution < -0.4 is 9.47 Å². The van der Waals surface area contributed by atoms with Crippen molar-refractivity contribution in [2.45, 2.75) is 94.8 Å². The first kappa shape index (κ1) is 36.9. The number of rotatable bonds is 19. The summed E-state index contributed by atoms with van der Waals surface area (Å²) in [5, 5.41) is 10.6. The molecule has 260 valence electrons. The highest BCUT2D eigenvalue weighted by atomic mass is 16.5. The first-order valence-electron chi connectivity index (χ1n) is 17.4. The molecule has 1 aliphatic heterocycles. The van der Waals surface area contributed by atoms with Gasteiger partial charge in [0.05, 0.1) is 40.1 Å². The normalized spacial score (nSPS) is 16.4. The summed E-state index contributed by atoms with van der Waals surface area (Å²) >= 11 is 0. The van der Waals surface area contributed by atoms with Crippen LogP contribution in [0.25, 0.3) is 0 Å². The fraction of sp³-hybridized carbons (Fsp3) is 0.500. The Kier molecular flexibility index (Phi) is 14.8. The monoisotopic (exact) mass is 659 g/mol. The van der Waals surface area contributed by atoms with E-state index in [1.54, 1.807) is 14.2 Å². The van der Waals surface area contributed by atoms with E-state index in [2.05, 4.69) is 12.1 Å². The molecule has 0 aromatic heterocycles. The fourth-order valence-corrected chi connectivity index (χ4v) is 6.63. The highest BCUT2D eigenvalue weighted by Crippen LogP contribution is 2.42. The molecule has 1 amide bonds. The quantitative estimate of drug-likeness (QED) is 0.0812. The molecule has 3 aromatic rings. The molecule has 1 aliphatic rings. The molecular weight excluding hydrogens is 606 g/mol. The second-order valence-electron chi connectivity index (χ2n) is 12.7. The van der Waals surface area contributed by atoms with Crippen LogP contribution in [0.2, 0.25) is 0 Å². The van der Waals surface area contributed by atoms with E-state index in [0.29, 0.717) is 38.8 Å². The number of ether oxygens (including phenoxy) is 4. The number of piperidine rings is 1. The number of aliphatic hydroxyl groups is 1. The summed E-state index contributed by atoms with van der Waals surface area (Å²) in [6, 6.07) is 25.9. The molecule has 48 heavy (non-hydrogen) atoms. The Morgan fingerprint density at radius 3 is 1.71 bits per heavy atom. The van der Waals surface area contributed by atoms with Gasteiger partial charge in [0.1, 0.15) is 17.1 Å². The zero-order valence-electron chi connectivity index (χ0n) is 28.9. The molecule has 1 heterocycles. The Morgan fingerprint density at radius 1 is 0.688 bits per heavy atom. The molecule has 1 fully saturated rings. The van der Waals surface area contributed by atoms with Crippen LogP contribution in [0.1, 0.15) is 93.7 Å². The maximum atomic E-state index is 13.6. The van der Waals surface area contributed by atoms with Gasteiger partial charge >= 0.3 is 5.97 Å². The van der Waals surface area contributed by atoms with Gasteiger partial charge in [-0.3, -0.25) is 9.59 Å². The lowest BCUT2D eigenvalue weighted by molar-refractivity contribution is -0.142. The van der Waals surface area contributed by atoms with Crippen LogP contribution in [-0.2, 0) is 24.7 Å². The molecule has 0 radical (unpaired) electrons. The molecule has 0 spiro atoms. The predicted octanol–water partition coefficient (Wildman–Crippen LogP) is 7.44. The molecule has 0 unspecified atom stereocenters. The van der Waals surface area contributed by atoms with Crippen molar-refractivity contribution in [2.75, 3.05) is 34.5 Å². The molecule has 2 atom stereocenters. The average molecular weight is 660 g/mol. The summed E-state index contributed by atoms with van der Waals surface area (Å²) in [6.45, 7) is 0.628. The predicted molar refractivity (Wildman–Crippen MR) is 187 cm³/mol. The fourth-order valence-electron chi connectivity index (χ4n) is 6.63. The van der Waals surface area contributed by atoms with Crippen LogP contribution in [0, 0.1) is 0 Å². The van der Waals surface area contributed by atoms with Gasteiger partial charge in [-0.1, -0.05) is 93.1 Å². The number of aliphatic hydroxyl groups excluding tert-OH is 1. The number of esters is 1. The SMILES string of the molecule is COC(=O)CCCCCCCCCCC(=O)N1C[C@H](O)CC[C@@H]1COC(c1ccccc1)(c1ccc(OC)cc1)c1ccc(OC)cc1. The lowest BCUT2D eigenvalue weighted by atomic mass is 9.80. The smallest absolute Gasteiger partial charge is 0.305 e. The number of carbonyl (C=O) groups excluding carboxylic acids is 2. The third-order valence-electron chi connectivity index (χ3n) is 9.42. The van der Waals surface area contributed by atoms with Crippen molar-refractivity contribution in [3.8, 4) is 11.5 Å². The van der Waals surface area contributed by atoms with E-state index in [0.717, 1.165) is 79.6 Å². The first-order chi connectivity index (χ1) is 23.4. The topological polar surface area (TPSA) is 94.5 Å². The van der Waals surface area contributed by atoms with E-state index in [1.807, 2.05) is 71.6 Å². The molecule has 0 aliphatic carbocycles. The number of benzene rings is 3. The lowest BCUT2D eigenvalue weighted by Crippen LogP contribution is -2.51. The Hall–Kier alpha value is -3.88. The number of hydrogen-bond acceptors (Lipinski definition) is 7. The molecule has 0 saturated carbocycles. The van der Waals surface area contributed by atoms with Crippen molar-refractivity contribution in [1.82, 2.24) is 4.90 Å². The molecule has 1 saturated heterocycles. The van der Waals surface area contributed by atoms with Gasteiger partial charge in [-0.25, -0.2) is 0 Å². The van der Waals surface area contributed by atoms with Gasteiger partial charge in [-0.15, -0.1) is 0 Å². The largest absolute Gasteiger partial charge is 0.497 e. The molecule has 0 bridgehead atoms. The van der Waals surface area contributed by atoms with Crippen LogP contribution >= 0.6 is 0 Å². The summed E-state index contributed by atoms with van der Waals surface area (Å²) in [7, 11) is 4.74. The van der Waals surface area contributed by atoms with Crippen molar-refractivity contribution < 1.29 is 33.6 Å². The zero-order valence-corrected chi connectivity index (χ0v) is 28.9. The van der Waals surface area contributed by atoms with Crippen LogP contribution in [0.5, 0.6) is 11.5 Å². The highest BCUT2D eigenvalue weighted by Gasteiger charge is 2.40. The van der Waals surface area contributed by atoms with E-state index in [4.69, 9.17) is 18.9 Å². The first-order valence-corrected chi connectivity index (χ1v) is 17.4. The minimum Gasteiger partial charge on any atom is -0.497 e. The summed E-state index contributed by atoms with van der Waals surface area (Å²) < 4.78 is 22.8. The van der Waals surface area contributed by atoms with Crippen molar-refractivity contribution in [2.24, 2.45) is 0 Å². The molecule has 8 nitrogen and oxygen atoms in total. The second-order valence-corrected chi connectivity index (χ2v) is 12.7. The average Bonchev–Trinajstić information content (AvgIpc) is 3.13. The van der Waals surface area contributed by atoms with Gasteiger partial charge < -0.3 is 29.0 Å². The Bertz CT molecular complexity index is 1330. The Labute approximate surface area is 286 Å². The standard InChI is InChI=1S/C40H53NO7/c1-45-36-25-19-32(20-26-36)40(31-15-11-10-12-16-31,33-21-27-37(46-2)28-22-33)48-30-34-23-24-35(42)29-41(34)38(43)17-13-8-6-4-5-7-9-14-18-39(44)47-3/h10-12,15-16,19-22,25-28,34-35,42H,4-9,13-14,17-18,23-24,29-30H2,1-3H3/t34-,35-/m1/s1. The van der Waals surface area contributed by atoms with Crippen LogP contribution in [0.15, 0.2) is 78.9 Å². The number of β-amino-alcohol motifs (C(OH)–C–C–N with tert-alkyl or cyclic N) is 1. The third-order valence-corrected chi connectivity index (χ3v) is 9.42. The second kappa shape index (κ2) is 19.2. The number of likely N-dealkylation sites (tertiary alicyclic amines) is 1. The van der Waals surface area contributed by atoms with E-state index < -0.39 is 11.7 Å². The highest BCUT2D eigenvalue weighted by molar-refractivity contribution is 5.76. The van der Waals surface area contributed by atoms with E-state index in [-0.39, 0.29) is 17.9 Å². The van der Waals surface area contributed by atoms with E-state index in [9.17, 15) is 14.7 Å². The van der Waals surface area contributed by atoms with Crippen molar-refractivity contribution in [1.29, 1.82) is 0 Å². The Morgan fingerprint density at radius 2 is 1.19 bits per heavy atom. The molecule has 4 rings (SSSR count). The summed E-state index contributed by atoms with van der Waals surface area (Å²) in [6.07, 6.45) is 9.91. The number of carbonyl (C=O) groups is 2. The minimum atomic E-state index is -0.968. The summed E-state index contributed by atoms with van der Waals surface area (Å²) in [4.78, 5) is 26.7. The molecule has 3 aromatic carbocycles. The van der Waals surface area contributed by atoms with Crippen molar-refractivity contribution >= 4 is 11.9 Å².